The molecule has 3 rings (SSSR count). The number of amides is 1. The Morgan fingerprint density at radius 1 is 1.04 bits per heavy atom. The van der Waals surface area contributed by atoms with Crippen LogP contribution in [0.2, 0.25) is 15.1 Å². The van der Waals surface area contributed by atoms with Gasteiger partial charge < -0.3 is 14.8 Å². The van der Waals surface area contributed by atoms with Crippen LogP contribution in [0, 0.1) is 0 Å². The van der Waals surface area contributed by atoms with Gasteiger partial charge in [0.05, 0.1) is 28.9 Å². The highest BCUT2D eigenvalue weighted by Crippen LogP contribution is 2.35. The predicted octanol–water partition coefficient (Wildman–Crippen LogP) is 6.23. The van der Waals surface area contributed by atoms with E-state index in [1.54, 1.807) is 25.3 Å². The van der Waals surface area contributed by atoms with Gasteiger partial charge >= 0.3 is 0 Å². The SMILES string of the molecule is COc1ccc(C(=O)Nc2c(Cl)cc(Cl)cc2Cl)cc1OC1CCCC1. The van der Waals surface area contributed by atoms with Crippen LogP contribution in [0.4, 0.5) is 5.69 Å². The normalized spacial score (nSPS) is 14.3. The third-order valence-electron chi connectivity index (χ3n) is 4.27. The molecular weight excluding hydrogens is 397 g/mol. The predicted molar refractivity (Wildman–Crippen MR) is 105 cm³/mol. The number of methoxy groups -OCH3 is 1. The van der Waals surface area contributed by atoms with E-state index in [4.69, 9.17) is 44.3 Å². The first-order valence-corrected chi connectivity index (χ1v) is 9.42. The molecule has 2 aromatic carbocycles. The van der Waals surface area contributed by atoms with Crippen LogP contribution >= 0.6 is 34.8 Å². The molecule has 0 aromatic heterocycles. The average molecular weight is 415 g/mol. The van der Waals surface area contributed by atoms with Crippen LogP contribution in [0.25, 0.3) is 0 Å². The van der Waals surface area contributed by atoms with E-state index in [1.807, 2.05) is 0 Å². The Morgan fingerprint density at radius 3 is 2.31 bits per heavy atom. The molecule has 0 saturated heterocycles. The van der Waals surface area contributed by atoms with Crippen molar-refractivity contribution in [1.82, 2.24) is 0 Å². The number of ether oxygens (including phenoxy) is 2. The highest BCUT2D eigenvalue weighted by molar-refractivity contribution is 6.42. The van der Waals surface area contributed by atoms with Crippen LogP contribution in [0.5, 0.6) is 11.5 Å². The van der Waals surface area contributed by atoms with E-state index in [1.165, 1.54) is 12.1 Å². The molecule has 138 valence electrons. The van der Waals surface area contributed by atoms with Gasteiger partial charge in [-0.25, -0.2) is 0 Å². The van der Waals surface area contributed by atoms with Crippen molar-refractivity contribution in [2.75, 3.05) is 12.4 Å². The Morgan fingerprint density at radius 2 is 1.69 bits per heavy atom. The van der Waals surface area contributed by atoms with Gasteiger partial charge in [-0.1, -0.05) is 34.8 Å². The van der Waals surface area contributed by atoms with E-state index in [0.29, 0.717) is 27.8 Å². The minimum Gasteiger partial charge on any atom is -0.493 e. The highest BCUT2D eigenvalue weighted by atomic mass is 35.5. The van der Waals surface area contributed by atoms with Crippen molar-refractivity contribution in [3.05, 3.63) is 51.0 Å². The van der Waals surface area contributed by atoms with E-state index >= 15 is 0 Å². The lowest BCUT2D eigenvalue weighted by Gasteiger charge is -2.17. The number of hydrogen-bond donors (Lipinski definition) is 1. The molecule has 0 aliphatic heterocycles. The van der Waals surface area contributed by atoms with Crippen molar-refractivity contribution >= 4 is 46.4 Å². The molecule has 26 heavy (non-hydrogen) atoms. The van der Waals surface area contributed by atoms with Gasteiger partial charge in [0.25, 0.3) is 5.91 Å². The summed E-state index contributed by atoms with van der Waals surface area (Å²) in [5, 5.41) is 3.66. The van der Waals surface area contributed by atoms with Crippen LogP contribution in [-0.2, 0) is 0 Å². The molecule has 1 N–H and O–H groups in total. The first kappa shape index (κ1) is 19.2. The maximum absolute atomic E-state index is 12.6. The Balaban J connectivity index is 1.83. The molecule has 0 heterocycles. The van der Waals surface area contributed by atoms with Crippen LogP contribution in [-0.4, -0.2) is 19.1 Å². The zero-order valence-corrected chi connectivity index (χ0v) is 16.4. The van der Waals surface area contributed by atoms with Crippen molar-refractivity contribution in [2.45, 2.75) is 31.8 Å². The number of anilines is 1. The van der Waals surface area contributed by atoms with E-state index < -0.39 is 0 Å². The van der Waals surface area contributed by atoms with Crippen molar-refractivity contribution in [1.29, 1.82) is 0 Å². The number of carbonyl (C=O) groups is 1. The lowest BCUT2D eigenvalue weighted by Crippen LogP contribution is -2.15. The van der Waals surface area contributed by atoms with Gasteiger partial charge in [0.1, 0.15) is 0 Å². The quantitative estimate of drug-likeness (QED) is 0.631. The minimum absolute atomic E-state index is 0.155. The van der Waals surface area contributed by atoms with E-state index in [9.17, 15) is 4.79 Å². The van der Waals surface area contributed by atoms with E-state index in [0.717, 1.165) is 25.7 Å². The first-order valence-electron chi connectivity index (χ1n) is 8.28. The standard InChI is InChI=1S/C19H18Cl3NO3/c1-25-16-7-6-11(8-17(16)26-13-4-2-3-5-13)19(24)23-18-14(21)9-12(20)10-15(18)22/h6-10,13H,2-5H2,1H3,(H,23,24). The molecule has 0 unspecified atom stereocenters. The van der Waals surface area contributed by atoms with Crippen molar-refractivity contribution in [2.24, 2.45) is 0 Å². The Labute approximate surface area is 167 Å². The summed E-state index contributed by atoms with van der Waals surface area (Å²) in [7, 11) is 1.57. The molecule has 1 fully saturated rings. The zero-order chi connectivity index (χ0) is 18.7. The molecule has 7 heteroatoms. The van der Waals surface area contributed by atoms with Crippen molar-refractivity contribution in [3.63, 3.8) is 0 Å². The van der Waals surface area contributed by atoms with Crippen molar-refractivity contribution < 1.29 is 14.3 Å². The summed E-state index contributed by atoms with van der Waals surface area (Å²) >= 11 is 18.2. The number of rotatable bonds is 5. The smallest absolute Gasteiger partial charge is 0.255 e. The maximum atomic E-state index is 12.6. The number of carbonyl (C=O) groups excluding carboxylic acids is 1. The molecule has 1 aliphatic carbocycles. The first-order chi connectivity index (χ1) is 12.5. The molecule has 0 atom stereocenters. The van der Waals surface area contributed by atoms with Gasteiger partial charge in [-0.2, -0.15) is 0 Å². The third kappa shape index (κ3) is 4.37. The fourth-order valence-corrected chi connectivity index (χ4v) is 3.85. The van der Waals surface area contributed by atoms with E-state index in [2.05, 4.69) is 5.32 Å². The Bertz CT molecular complexity index is 797. The summed E-state index contributed by atoms with van der Waals surface area (Å²) in [6.45, 7) is 0. The fourth-order valence-electron chi connectivity index (χ4n) is 2.94. The zero-order valence-electron chi connectivity index (χ0n) is 14.2. The average Bonchev–Trinajstić information content (AvgIpc) is 3.11. The van der Waals surface area contributed by atoms with Gasteiger partial charge in [0.2, 0.25) is 0 Å². The molecule has 0 radical (unpaired) electrons. The summed E-state index contributed by atoms with van der Waals surface area (Å²) in [4.78, 5) is 12.6. The Hall–Kier alpha value is -1.62. The molecule has 1 aliphatic rings. The minimum atomic E-state index is -0.352. The van der Waals surface area contributed by atoms with Crippen molar-refractivity contribution in [3.8, 4) is 11.5 Å². The van der Waals surface area contributed by atoms with Gasteiger partial charge in [0, 0.05) is 10.6 Å². The van der Waals surface area contributed by atoms with Gasteiger partial charge in [-0.3, -0.25) is 4.79 Å². The van der Waals surface area contributed by atoms with Crippen LogP contribution in [0.1, 0.15) is 36.0 Å². The topological polar surface area (TPSA) is 47.6 Å². The van der Waals surface area contributed by atoms with Crippen LogP contribution in [0.15, 0.2) is 30.3 Å². The Kier molecular flexibility index (Phi) is 6.17. The second-order valence-electron chi connectivity index (χ2n) is 6.09. The van der Waals surface area contributed by atoms with Gasteiger partial charge in [0.15, 0.2) is 11.5 Å². The second-order valence-corrected chi connectivity index (χ2v) is 7.34. The fraction of sp³-hybridized carbons (Fsp3) is 0.316. The summed E-state index contributed by atoms with van der Waals surface area (Å²) in [5.41, 5.74) is 0.734. The third-order valence-corrected chi connectivity index (χ3v) is 5.08. The molecule has 4 nitrogen and oxygen atoms in total. The second kappa shape index (κ2) is 8.38. The summed E-state index contributed by atoms with van der Waals surface area (Å²) in [5.74, 6) is 0.798. The van der Waals surface area contributed by atoms with Crippen LogP contribution in [0.3, 0.4) is 0 Å². The molecule has 1 amide bonds. The number of nitrogens with one attached hydrogen (secondary N) is 1. The number of hydrogen-bond acceptors (Lipinski definition) is 3. The van der Waals surface area contributed by atoms with E-state index in [-0.39, 0.29) is 22.1 Å². The monoisotopic (exact) mass is 413 g/mol. The van der Waals surface area contributed by atoms with Gasteiger partial charge in [-0.15, -0.1) is 0 Å². The largest absolute Gasteiger partial charge is 0.493 e. The van der Waals surface area contributed by atoms with Gasteiger partial charge in [-0.05, 0) is 56.0 Å². The van der Waals surface area contributed by atoms with Crippen LogP contribution < -0.4 is 14.8 Å². The molecule has 0 bridgehead atoms. The molecule has 2 aromatic rings. The highest BCUT2D eigenvalue weighted by Gasteiger charge is 2.20. The molecular formula is C19H18Cl3NO3. The molecule has 0 spiro atoms. The number of benzene rings is 2. The molecule has 1 saturated carbocycles. The summed E-state index contributed by atoms with van der Waals surface area (Å²) in [6.07, 6.45) is 4.48. The number of halogens is 3. The maximum Gasteiger partial charge on any atom is 0.255 e. The summed E-state index contributed by atoms with van der Waals surface area (Å²) in [6, 6.07) is 8.09. The summed E-state index contributed by atoms with van der Waals surface area (Å²) < 4.78 is 11.4. The lowest BCUT2D eigenvalue weighted by molar-refractivity contribution is 0.102. The lowest BCUT2D eigenvalue weighted by atomic mass is 10.1.